The van der Waals surface area contributed by atoms with Crippen LogP contribution in [0, 0.1) is 0 Å². The second-order valence-electron chi connectivity index (χ2n) is 6.99. The van der Waals surface area contributed by atoms with E-state index in [1.807, 2.05) is 4.90 Å². The average Bonchev–Trinajstić information content (AvgIpc) is 2.63. The van der Waals surface area contributed by atoms with Crippen molar-refractivity contribution >= 4 is 23.7 Å². The Morgan fingerprint density at radius 3 is 1.50 bits per heavy atom. The van der Waals surface area contributed by atoms with Gasteiger partial charge >= 0.3 is 17.9 Å². The van der Waals surface area contributed by atoms with E-state index in [4.69, 9.17) is 15.3 Å². The quantitative estimate of drug-likeness (QED) is 0.355. The van der Waals surface area contributed by atoms with Crippen LogP contribution in [0.15, 0.2) is 0 Å². The normalized spacial score (nSPS) is 17.6. The first-order chi connectivity index (χ1) is 13.2. The molecule has 0 spiro atoms. The number of hydrogen-bond acceptors (Lipinski definition) is 8. The number of aliphatic carboxylic acids is 3. The van der Waals surface area contributed by atoms with Crippen LogP contribution in [-0.2, 0) is 19.2 Å². The van der Waals surface area contributed by atoms with Crippen LogP contribution in [-0.4, -0.2) is 137 Å². The number of nitrogens with zero attached hydrogens (tertiary/aromatic N) is 4. The highest BCUT2D eigenvalue weighted by Gasteiger charge is 2.20. The van der Waals surface area contributed by atoms with E-state index in [1.54, 1.807) is 14.7 Å². The molecule has 1 aliphatic heterocycles. The lowest BCUT2D eigenvalue weighted by Gasteiger charge is -2.28. The van der Waals surface area contributed by atoms with Crippen molar-refractivity contribution in [1.82, 2.24) is 19.6 Å². The first-order valence-corrected chi connectivity index (χ1v) is 9.20. The Hall–Kier alpha value is -2.08. The number of carbonyl (C=O) groups excluding carboxylic acids is 1. The van der Waals surface area contributed by atoms with Gasteiger partial charge in [0.25, 0.3) is 0 Å². The molecule has 1 heterocycles. The minimum atomic E-state index is -1.01. The van der Waals surface area contributed by atoms with Crippen molar-refractivity contribution in [3.63, 3.8) is 0 Å². The molecule has 0 aromatic carbocycles. The third-order valence-corrected chi connectivity index (χ3v) is 4.45. The Morgan fingerprint density at radius 1 is 0.714 bits per heavy atom. The number of Topliss-reactive ketones (excluding diaryl/α,β-unsaturated/α-hetero) is 1. The molecule has 1 saturated heterocycles. The Morgan fingerprint density at radius 2 is 1.14 bits per heavy atom. The number of hydrogen-bond donors (Lipinski definition) is 3. The van der Waals surface area contributed by atoms with Gasteiger partial charge in [0.05, 0.1) is 26.2 Å². The van der Waals surface area contributed by atoms with E-state index in [0.717, 1.165) is 0 Å². The van der Waals surface area contributed by atoms with Crippen molar-refractivity contribution in [3.05, 3.63) is 0 Å². The van der Waals surface area contributed by atoms with Gasteiger partial charge < -0.3 is 15.3 Å². The lowest BCUT2D eigenvalue weighted by molar-refractivity contribution is -0.140. The average molecular weight is 402 g/mol. The molecular weight excluding hydrogens is 372 g/mol. The largest absolute Gasteiger partial charge is 0.480 e. The van der Waals surface area contributed by atoms with Crippen molar-refractivity contribution in [1.29, 1.82) is 0 Å². The van der Waals surface area contributed by atoms with E-state index >= 15 is 0 Å². The van der Waals surface area contributed by atoms with Crippen LogP contribution in [0.25, 0.3) is 0 Å². The molecule has 0 aromatic rings. The Kier molecular flexibility index (Phi) is 10.6. The summed E-state index contributed by atoms with van der Waals surface area (Å²) in [6.07, 6.45) is 0. The number of carboxylic acids is 3. The molecular formula is C17H30N4O7. The maximum absolute atomic E-state index is 11.4. The number of ketones is 1. The van der Waals surface area contributed by atoms with Crippen LogP contribution in [0.4, 0.5) is 0 Å². The van der Waals surface area contributed by atoms with Gasteiger partial charge in [-0.1, -0.05) is 0 Å². The summed E-state index contributed by atoms with van der Waals surface area (Å²) in [6, 6.07) is 0. The zero-order valence-electron chi connectivity index (χ0n) is 16.2. The Labute approximate surface area is 164 Å². The minimum absolute atomic E-state index is 0.0520. The van der Waals surface area contributed by atoms with Crippen LogP contribution in [0.1, 0.15) is 6.92 Å². The molecule has 0 radical (unpaired) electrons. The molecule has 11 nitrogen and oxygen atoms in total. The second kappa shape index (κ2) is 12.4. The van der Waals surface area contributed by atoms with E-state index < -0.39 is 17.9 Å². The van der Waals surface area contributed by atoms with Gasteiger partial charge in [0.1, 0.15) is 5.78 Å². The van der Waals surface area contributed by atoms with Gasteiger partial charge in [0.2, 0.25) is 0 Å². The number of carbonyl (C=O) groups is 4. The zero-order chi connectivity index (χ0) is 21.1. The summed E-state index contributed by atoms with van der Waals surface area (Å²) in [4.78, 5) is 51.6. The fraction of sp³-hybridized carbons (Fsp3) is 0.765. The number of rotatable bonds is 11. The molecule has 160 valence electrons. The topological polar surface area (TPSA) is 142 Å². The van der Waals surface area contributed by atoms with Crippen molar-refractivity contribution < 1.29 is 34.5 Å². The Balaban J connectivity index is 2.72. The van der Waals surface area contributed by atoms with E-state index in [2.05, 4.69) is 0 Å². The molecule has 0 atom stereocenters. The SMILES string of the molecule is CC(=O)CN(CCN1CCN(CC(=O)O)CCN(CC(=O)O)CC1)CC(=O)O. The maximum atomic E-state index is 11.4. The first-order valence-electron chi connectivity index (χ1n) is 9.20. The van der Waals surface area contributed by atoms with Gasteiger partial charge in [0, 0.05) is 52.4 Å². The monoisotopic (exact) mass is 402 g/mol. The second-order valence-corrected chi connectivity index (χ2v) is 6.99. The van der Waals surface area contributed by atoms with Gasteiger partial charge in [-0.25, -0.2) is 0 Å². The van der Waals surface area contributed by atoms with E-state index in [9.17, 15) is 19.2 Å². The standard InChI is InChI=1S/C17H30N4O7/c1-14(22)10-21(13-17(27)28)9-4-18-2-5-19(11-15(23)24)7-8-20(6-3-18)12-16(25)26/h2-13H2,1H3,(H,23,24)(H,25,26)(H,27,28). The lowest BCUT2D eigenvalue weighted by atomic mass is 10.3. The van der Waals surface area contributed by atoms with Gasteiger partial charge in [0.15, 0.2) is 0 Å². The summed E-state index contributed by atoms with van der Waals surface area (Å²) in [5.41, 5.74) is 0. The summed E-state index contributed by atoms with van der Waals surface area (Å²) in [5, 5.41) is 27.1. The van der Waals surface area contributed by atoms with Gasteiger partial charge in [-0.15, -0.1) is 0 Å². The summed E-state index contributed by atoms with van der Waals surface area (Å²) in [7, 11) is 0. The molecule has 0 saturated carbocycles. The van der Waals surface area contributed by atoms with E-state index in [-0.39, 0.29) is 32.0 Å². The molecule has 0 amide bonds. The van der Waals surface area contributed by atoms with E-state index in [1.165, 1.54) is 6.92 Å². The molecule has 0 unspecified atom stereocenters. The molecule has 11 heteroatoms. The molecule has 0 bridgehead atoms. The predicted octanol–water partition coefficient (Wildman–Crippen LogP) is -1.95. The van der Waals surface area contributed by atoms with Crippen LogP contribution < -0.4 is 0 Å². The molecule has 28 heavy (non-hydrogen) atoms. The van der Waals surface area contributed by atoms with Crippen molar-refractivity contribution in [2.75, 3.05) is 78.5 Å². The van der Waals surface area contributed by atoms with Gasteiger partial charge in [-0.2, -0.15) is 0 Å². The maximum Gasteiger partial charge on any atom is 0.317 e. The Bertz CT molecular complexity index is 514. The summed E-state index contributed by atoms with van der Waals surface area (Å²) in [5.74, 6) is -3.01. The third kappa shape index (κ3) is 10.9. The highest BCUT2D eigenvalue weighted by molar-refractivity contribution is 5.78. The highest BCUT2D eigenvalue weighted by Crippen LogP contribution is 2.02. The highest BCUT2D eigenvalue weighted by atomic mass is 16.4. The van der Waals surface area contributed by atoms with Crippen LogP contribution >= 0.6 is 0 Å². The molecule has 0 aliphatic carbocycles. The molecule has 1 aliphatic rings. The molecule has 3 N–H and O–H groups in total. The van der Waals surface area contributed by atoms with Crippen LogP contribution in [0.2, 0.25) is 0 Å². The smallest absolute Gasteiger partial charge is 0.317 e. The molecule has 0 aromatic heterocycles. The lowest BCUT2D eigenvalue weighted by Crippen LogP contribution is -2.43. The van der Waals surface area contributed by atoms with Gasteiger partial charge in [-0.3, -0.25) is 38.8 Å². The summed E-state index contributed by atoms with van der Waals surface area (Å²) >= 11 is 0. The first kappa shape index (κ1) is 24.0. The zero-order valence-corrected chi connectivity index (χ0v) is 16.2. The summed E-state index contributed by atoms with van der Waals surface area (Å²) in [6.45, 7) is 4.97. The van der Waals surface area contributed by atoms with Crippen LogP contribution in [0.3, 0.4) is 0 Å². The van der Waals surface area contributed by atoms with Gasteiger partial charge in [-0.05, 0) is 6.92 Å². The number of carboxylic acid groups (broad SMARTS) is 3. The predicted molar refractivity (Wildman–Crippen MR) is 99.3 cm³/mol. The van der Waals surface area contributed by atoms with Crippen molar-refractivity contribution in [2.45, 2.75) is 6.92 Å². The van der Waals surface area contributed by atoms with Crippen molar-refractivity contribution in [2.24, 2.45) is 0 Å². The molecule has 1 fully saturated rings. The molecule has 1 rings (SSSR count). The third-order valence-electron chi connectivity index (χ3n) is 4.45. The van der Waals surface area contributed by atoms with Crippen LogP contribution in [0.5, 0.6) is 0 Å². The fourth-order valence-electron chi connectivity index (χ4n) is 3.11. The summed E-state index contributed by atoms with van der Waals surface area (Å²) < 4.78 is 0. The fourth-order valence-corrected chi connectivity index (χ4v) is 3.11. The van der Waals surface area contributed by atoms with E-state index in [0.29, 0.717) is 52.4 Å². The van der Waals surface area contributed by atoms with Crippen molar-refractivity contribution in [3.8, 4) is 0 Å². The minimum Gasteiger partial charge on any atom is -0.480 e.